The molecule has 0 spiro atoms. The van der Waals surface area contributed by atoms with E-state index in [2.05, 4.69) is 22.5 Å². The van der Waals surface area contributed by atoms with Crippen molar-refractivity contribution in [2.24, 2.45) is 23.6 Å². The number of hydrogen-bond donors (Lipinski definition) is 4. The van der Waals surface area contributed by atoms with Crippen LogP contribution in [-0.2, 0) is 18.9 Å². The first-order chi connectivity index (χ1) is 14.7. The molecule has 5 N–H and O–H groups in total. The zero-order valence-corrected chi connectivity index (χ0v) is 17.5. The first-order valence-corrected chi connectivity index (χ1v) is 10.6. The van der Waals surface area contributed by atoms with E-state index in [0.29, 0.717) is 77.1 Å². The van der Waals surface area contributed by atoms with E-state index in [4.69, 9.17) is 24.8 Å². The van der Waals surface area contributed by atoms with Gasteiger partial charge in [-0.05, 0) is 30.6 Å². The molecular weight excluding hydrogens is 392 g/mol. The number of carbonyl (C=O) groups is 2. The molecule has 0 radical (unpaired) electrons. The Morgan fingerprint density at radius 1 is 0.833 bits per heavy atom. The fourth-order valence-corrected chi connectivity index (χ4v) is 3.56. The number of hydrogen-bond acceptors (Lipinski definition) is 7. The van der Waals surface area contributed by atoms with E-state index in [9.17, 15) is 9.59 Å². The van der Waals surface area contributed by atoms with E-state index in [1.807, 2.05) is 5.43 Å². The Hall–Kier alpha value is -2.06. The summed E-state index contributed by atoms with van der Waals surface area (Å²) in [7, 11) is 0. The monoisotopic (exact) mass is 426 g/mol. The highest BCUT2D eigenvalue weighted by atomic mass is 16.6. The van der Waals surface area contributed by atoms with Gasteiger partial charge in [-0.2, -0.15) is 0 Å². The molecule has 30 heavy (non-hydrogen) atoms. The van der Waals surface area contributed by atoms with Gasteiger partial charge in [0.05, 0.1) is 46.2 Å². The summed E-state index contributed by atoms with van der Waals surface area (Å²) in [4.78, 5) is 22.6. The number of nitrogens with two attached hydrogens (primary N) is 1. The Balaban J connectivity index is 1.31. The molecule has 0 aliphatic heterocycles. The molecule has 2 aliphatic carbocycles. The van der Waals surface area contributed by atoms with Crippen molar-refractivity contribution < 1.29 is 28.5 Å². The molecule has 2 atom stereocenters. The SMILES string of the molecule is NNC(=O)NCCOCCOCCOCCNC(=O)OCC1C2CCC#CCCC21. The van der Waals surface area contributed by atoms with Crippen molar-refractivity contribution in [3.63, 3.8) is 0 Å². The van der Waals surface area contributed by atoms with Crippen LogP contribution in [0.2, 0.25) is 0 Å². The van der Waals surface area contributed by atoms with Crippen LogP contribution < -0.4 is 21.9 Å². The van der Waals surface area contributed by atoms with Crippen LogP contribution in [0.1, 0.15) is 25.7 Å². The smallest absolute Gasteiger partial charge is 0.407 e. The Morgan fingerprint density at radius 3 is 1.93 bits per heavy atom. The van der Waals surface area contributed by atoms with E-state index in [-0.39, 0.29) is 6.09 Å². The van der Waals surface area contributed by atoms with Gasteiger partial charge in [0.15, 0.2) is 0 Å². The van der Waals surface area contributed by atoms with E-state index in [0.717, 1.165) is 25.7 Å². The third-order valence-electron chi connectivity index (χ3n) is 5.17. The number of rotatable bonds is 14. The van der Waals surface area contributed by atoms with Crippen molar-refractivity contribution in [1.29, 1.82) is 0 Å². The number of carbonyl (C=O) groups excluding carboxylic acids is 2. The van der Waals surface area contributed by atoms with Gasteiger partial charge in [-0.1, -0.05) is 0 Å². The second-order valence-electron chi connectivity index (χ2n) is 7.19. The Kier molecular flexibility index (Phi) is 12.0. The summed E-state index contributed by atoms with van der Waals surface area (Å²) in [5.74, 6) is 13.1. The molecule has 0 aromatic carbocycles. The number of fused-ring (bicyclic) bond motifs is 1. The molecule has 2 unspecified atom stereocenters. The molecule has 0 saturated heterocycles. The largest absolute Gasteiger partial charge is 0.449 e. The Bertz CT molecular complexity index is 561. The number of hydrazine groups is 1. The molecule has 10 nitrogen and oxygen atoms in total. The maximum absolute atomic E-state index is 11.8. The third-order valence-corrected chi connectivity index (χ3v) is 5.17. The lowest BCUT2D eigenvalue weighted by molar-refractivity contribution is 0.0159. The summed E-state index contributed by atoms with van der Waals surface area (Å²) in [5.41, 5.74) is 1.96. The summed E-state index contributed by atoms with van der Waals surface area (Å²) in [6.07, 6.45) is 3.79. The van der Waals surface area contributed by atoms with Gasteiger partial charge in [0.1, 0.15) is 0 Å². The minimum absolute atomic E-state index is 0.373. The molecule has 0 aromatic rings. The van der Waals surface area contributed by atoms with Crippen molar-refractivity contribution in [3.8, 4) is 11.8 Å². The van der Waals surface area contributed by atoms with Gasteiger partial charge >= 0.3 is 12.1 Å². The van der Waals surface area contributed by atoms with Gasteiger partial charge in [-0.25, -0.2) is 15.4 Å². The third kappa shape index (κ3) is 10.1. The van der Waals surface area contributed by atoms with Crippen LogP contribution in [0.4, 0.5) is 9.59 Å². The maximum Gasteiger partial charge on any atom is 0.407 e. The van der Waals surface area contributed by atoms with E-state index in [1.54, 1.807) is 0 Å². The fourth-order valence-electron chi connectivity index (χ4n) is 3.56. The molecule has 10 heteroatoms. The summed E-state index contributed by atoms with van der Waals surface area (Å²) >= 11 is 0. The summed E-state index contributed by atoms with van der Waals surface area (Å²) in [5, 5.41) is 5.20. The number of urea groups is 1. The van der Waals surface area contributed by atoms with Crippen molar-refractivity contribution in [2.45, 2.75) is 25.7 Å². The van der Waals surface area contributed by atoms with Crippen LogP contribution in [0.5, 0.6) is 0 Å². The summed E-state index contributed by atoms with van der Waals surface area (Å²) < 4.78 is 21.4. The summed E-state index contributed by atoms with van der Waals surface area (Å²) in [6.45, 7) is 3.78. The maximum atomic E-state index is 11.8. The van der Waals surface area contributed by atoms with Crippen molar-refractivity contribution in [3.05, 3.63) is 0 Å². The van der Waals surface area contributed by atoms with E-state index < -0.39 is 6.03 Å². The lowest BCUT2D eigenvalue weighted by Crippen LogP contribution is -2.41. The molecule has 0 heterocycles. The molecule has 0 bridgehead atoms. The second kappa shape index (κ2) is 14.8. The Morgan fingerprint density at radius 2 is 1.37 bits per heavy atom. The van der Waals surface area contributed by atoms with Gasteiger partial charge in [0, 0.05) is 25.9 Å². The minimum Gasteiger partial charge on any atom is -0.449 e. The normalized spacial score (nSPS) is 21.8. The van der Waals surface area contributed by atoms with Crippen LogP contribution in [-0.4, -0.2) is 71.5 Å². The average Bonchev–Trinajstić information content (AvgIpc) is 3.38. The van der Waals surface area contributed by atoms with Crippen molar-refractivity contribution in [1.82, 2.24) is 16.1 Å². The topological polar surface area (TPSA) is 133 Å². The fraction of sp³-hybridized carbons (Fsp3) is 0.800. The van der Waals surface area contributed by atoms with Crippen LogP contribution in [0.25, 0.3) is 0 Å². The molecule has 2 rings (SSSR count). The van der Waals surface area contributed by atoms with Crippen molar-refractivity contribution in [2.75, 3.05) is 59.3 Å². The zero-order chi connectivity index (χ0) is 21.4. The first kappa shape index (κ1) is 24.2. The molecular formula is C20H34N4O6. The van der Waals surface area contributed by atoms with Gasteiger partial charge in [-0.3, -0.25) is 5.43 Å². The predicted octanol–water partition coefficient (Wildman–Crippen LogP) is 0.375. The average molecular weight is 427 g/mol. The van der Waals surface area contributed by atoms with E-state index >= 15 is 0 Å². The van der Waals surface area contributed by atoms with Crippen LogP contribution >= 0.6 is 0 Å². The lowest BCUT2D eigenvalue weighted by atomic mass is 10.1. The molecule has 1 saturated carbocycles. The van der Waals surface area contributed by atoms with Gasteiger partial charge in [-0.15, -0.1) is 11.8 Å². The number of alkyl carbamates (subject to hydrolysis) is 1. The highest BCUT2D eigenvalue weighted by Crippen LogP contribution is 2.52. The molecule has 2 aliphatic rings. The zero-order valence-electron chi connectivity index (χ0n) is 17.5. The number of ether oxygens (including phenoxy) is 4. The highest BCUT2D eigenvalue weighted by molar-refractivity contribution is 5.72. The standard InChI is InChI=1S/C20H34N4O6/c21-24-19(25)22-7-9-27-11-13-29-14-12-28-10-8-23-20(26)30-15-18-16-5-3-1-2-4-6-17(16)18/h16-18H,3-15,21H2,(H,23,26)(H2,22,24,25). The van der Waals surface area contributed by atoms with E-state index in [1.165, 1.54) is 0 Å². The van der Waals surface area contributed by atoms with Crippen LogP contribution in [0, 0.1) is 29.6 Å². The van der Waals surface area contributed by atoms with Gasteiger partial charge in [0.2, 0.25) is 0 Å². The molecule has 0 aromatic heterocycles. The van der Waals surface area contributed by atoms with Crippen molar-refractivity contribution >= 4 is 12.1 Å². The predicted molar refractivity (Wildman–Crippen MR) is 109 cm³/mol. The van der Waals surface area contributed by atoms with Gasteiger partial charge in [0.25, 0.3) is 0 Å². The number of nitrogens with one attached hydrogen (secondary N) is 3. The molecule has 1 fully saturated rings. The molecule has 170 valence electrons. The second-order valence-corrected chi connectivity index (χ2v) is 7.19. The highest BCUT2D eigenvalue weighted by Gasteiger charge is 2.49. The quantitative estimate of drug-likeness (QED) is 0.104. The number of amides is 3. The first-order valence-electron chi connectivity index (χ1n) is 10.6. The lowest BCUT2D eigenvalue weighted by Gasteiger charge is -2.09. The summed E-state index contributed by atoms with van der Waals surface area (Å²) in [6, 6.07) is -0.448. The minimum atomic E-state index is -0.448. The Labute approximate surface area is 177 Å². The van der Waals surface area contributed by atoms with Crippen LogP contribution in [0.3, 0.4) is 0 Å². The van der Waals surface area contributed by atoms with Gasteiger partial charge < -0.3 is 29.6 Å². The molecule has 3 amide bonds. The van der Waals surface area contributed by atoms with Crippen LogP contribution in [0.15, 0.2) is 0 Å².